The molecule has 1 aromatic heterocycles. The summed E-state index contributed by atoms with van der Waals surface area (Å²) in [6, 6.07) is 3.88. The monoisotopic (exact) mass is 396 g/mol. The van der Waals surface area contributed by atoms with Gasteiger partial charge in [0.15, 0.2) is 0 Å². The van der Waals surface area contributed by atoms with Gasteiger partial charge in [0, 0.05) is 32.2 Å². The number of aromatic nitrogens is 2. The third-order valence-corrected chi connectivity index (χ3v) is 5.77. The lowest BCUT2D eigenvalue weighted by molar-refractivity contribution is 0.132. The average molecular weight is 397 g/mol. The molecule has 0 saturated carbocycles. The third-order valence-electron chi connectivity index (χ3n) is 5.04. The van der Waals surface area contributed by atoms with Crippen LogP contribution >= 0.6 is 23.2 Å². The Bertz CT molecular complexity index is 852. The summed E-state index contributed by atoms with van der Waals surface area (Å²) >= 11 is 12.3. The number of rotatable bonds is 5. The Morgan fingerprint density at radius 1 is 1.31 bits per heavy atom. The van der Waals surface area contributed by atoms with E-state index in [9.17, 15) is 4.79 Å². The van der Waals surface area contributed by atoms with Crippen LogP contribution in [0.15, 0.2) is 16.9 Å². The van der Waals surface area contributed by atoms with E-state index in [0.717, 1.165) is 38.3 Å². The standard InChI is InChI=1S/C19H26Cl2N4O/c1-4-6-17(24-8-7-22-12(3)11-24)18-23-16-10-15(21)14(20)9-13(16)19(26)25(18)5-2/h9-10,12,17,22H,4-8,11H2,1-3H3/t12-,17?/m0/s1. The SMILES string of the molecule is CCCC(c1nc2cc(Cl)c(Cl)cc2c(=O)n1CC)N1CCN[C@@H](C)C1. The van der Waals surface area contributed by atoms with Gasteiger partial charge in [-0.15, -0.1) is 0 Å². The Balaban J connectivity index is 2.16. The van der Waals surface area contributed by atoms with Crippen LogP contribution < -0.4 is 10.9 Å². The highest BCUT2D eigenvalue weighted by Gasteiger charge is 2.28. The Kier molecular flexibility index (Phi) is 6.23. The van der Waals surface area contributed by atoms with E-state index < -0.39 is 0 Å². The summed E-state index contributed by atoms with van der Waals surface area (Å²) in [4.78, 5) is 20.4. The molecular weight excluding hydrogens is 371 g/mol. The minimum Gasteiger partial charge on any atom is -0.312 e. The molecule has 26 heavy (non-hydrogen) atoms. The van der Waals surface area contributed by atoms with Crippen molar-refractivity contribution in [3.05, 3.63) is 38.4 Å². The first-order valence-electron chi connectivity index (χ1n) is 9.33. The van der Waals surface area contributed by atoms with Gasteiger partial charge in [-0.3, -0.25) is 14.3 Å². The third kappa shape index (κ3) is 3.77. The quantitative estimate of drug-likeness (QED) is 0.833. The van der Waals surface area contributed by atoms with Gasteiger partial charge in [-0.05, 0) is 32.4 Å². The summed E-state index contributed by atoms with van der Waals surface area (Å²) in [6.45, 7) is 9.78. The van der Waals surface area contributed by atoms with Crippen LogP contribution in [0.5, 0.6) is 0 Å². The normalized spacial score (nSPS) is 19.8. The summed E-state index contributed by atoms with van der Waals surface area (Å²) in [5.41, 5.74) is 0.573. The van der Waals surface area contributed by atoms with Gasteiger partial charge >= 0.3 is 0 Å². The first kappa shape index (κ1) is 19.6. The molecule has 1 N–H and O–H groups in total. The van der Waals surface area contributed by atoms with Gasteiger partial charge in [-0.1, -0.05) is 36.5 Å². The van der Waals surface area contributed by atoms with Crippen LogP contribution in [-0.2, 0) is 6.54 Å². The van der Waals surface area contributed by atoms with Crippen LogP contribution in [0.3, 0.4) is 0 Å². The molecule has 0 bridgehead atoms. The number of nitrogens with one attached hydrogen (secondary N) is 1. The first-order valence-corrected chi connectivity index (χ1v) is 10.1. The minimum absolute atomic E-state index is 0.0460. The molecule has 2 atom stereocenters. The Morgan fingerprint density at radius 2 is 2.04 bits per heavy atom. The van der Waals surface area contributed by atoms with Crippen molar-refractivity contribution in [1.82, 2.24) is 19.8 Å². The van der Waals surface area contributed by atoms with Crippen LogP contribution in [0.1, 0.15) is 45.5 Å². The predicted molar refractivity (Wildman–Crippen MR) is 108 cm³/mol. The van der Waals surface area contributed by atoms with Gasteiger partial charge in [0.1, 0.15) is 5.82 Å². The molecule has 1 saturated heterocycles. The molecule has 3 rings (SSSR count). The van der Waals surface area contributed by atoms with Gasteiger partial charge < -0.3 is 5.32 Å². The van der Waals surface area contributed by atoms with Crippen molar-refractivity contribution in [3.63, 3.8) is 0 Å². The second kappa shape index (κ2) is 8.26. The molecule has 7 heteroatoms. The number of fused-ring (bicyclic) bond motifs is 1. The number of benzene rings is 1. The fraction of sp³-hybridized carbons (Fsp3) is 0.579. The average Bonchev–Trinajstić information content (AvgIpc) is 2.61. The highest BCUT2D eigenvalue weighted by molar-refractivity contribution is 6.42. The summed E-state index contributed by atoms with van der Waals surface area (Å²) < 4.78 is 1.79. The van der Waals surface area contributed by atoms with Crippen LogP contribution in [0.2, 0.25) is 10.0 Å². The minimum atomic E-state index is -0.0460. The highest BCUT2D eigenvalue weighted by Crippen LogP contribution is 2.29. The zero-order valence-electron chi connectivity index (χ0n) is 15.6. The van der Waals surface area contributed by atoms with E-state index in [1.165, 1.54) is 0 Å². The molecule has 1 aromatic carbocycles. The van der Waals surface area contributed by atoms with E-state index >= 15 is 0 Å². The maximum absolute atomic E-state index is 13.1. The molecule has 1 aliphatic heterocycles. The van der Waals surface area contributed by atoms with Crippen molar-refractivity contribution in [2.24, 2.45) is 0 Å². The largest absolute Gasteiger partial charge is 0.312 e. The van der Waals surface area contributed by atoms with Crippen molar-refractivity contribution < 1.29 is 0 Å². The number of hydrogen-bond donors (Lipinski definition) is 1. The van der Waals surface area contributed by atoms with E-state index in [2.05, 4.69) is 24.1 Å². The topological polar surface area (TPSA) is 50.2 Å². The number of nitrogens with zero attached hydrogens (tertiary/aromatic N) is 3. The zero-order valence-corrected chi connectivity index (χ0v) is 17.1. The van der Waals surface area contributed by atoms with Crippen LogP contribution in [0, 0.1) is 0 Å². The summed E-state index contributed by atoms with van der Waals surface area (Å²) in [6.07, 6.45) is 1.99. The molecule has 0 radical (unpaired) electrons. The number of piperazine rings is 1. The van der Waals surface area contributed by atoms with E-state index in [-0.39, 0.29) is 11.6 Å². The maximum Gasteiger partial charge on any atom is 0.261 e. The van der Waals surface area contributed by atoms with Gasteiger partial charge in [0.25, 0.3) is 5.56 Å². The molecule has 1 fully saturated rings. The first-order chi connectivity index (χ1) is 12.5. The fourth-order valence-electron chi connectivity index (χ4n) is 3.79. The smallest absolute Gasteiger partial charge is 0.261 e. The Labute approximate surface area is 164 Å². The van der Waals surface area contributed by atoms with Crippen molar-refractivity contribution in [2.75, 3.05) is 19.6 Å². The molecule has 1 aliphatic rings. The number of halogens is 2. The van der Waals surface area contributed by atoms with Crippen LogP contribution in [0.4, 0.5) is 0 Å². The molecule has 1 unspecified atom stereocenters. The van der Waals surface area contributed by atoms with E-state index in [1.54, 1.807) is 16.7 Å². The molecule has 0 aliphatic carbocycles. The van der Waals surface area contributed by atoms with E-state index in [0.29, 0.717) is 33.5 Å². The summed E-state index contributed by atoms with van der Waals surface area (Å²) in [7, 11) is 0. The molecule has 5 nitrogen and oxygen atoms in total. The summed E-state index contributed by atoms with van der Waals surface area (Å²) in [5, 5.41) is 4.81. The van der Waals surface area contributed by atoms with Gasteiger partial charge in [-0.25, -0.2) is 4.98 Å². The summed E-state index contributed by atoms with van der Waals surface area (Å²) in [5.74, 6) is 0.833. The second-order valence-electron chi connectivity index (χ2n) is 6.96. The lowest BCUT2D eigenvalue weighted by Gasteiger charge is -2.38. The van der Waals surface area contributed by atoms with Gasteiger partial charge in [0.05, 0.1) is 27.0 Å². The Hall–Kier alpha value is -1.14. The number of hydrogen-bond acceptors (Lipinski definition) is 4. The molecule has 0 spiro atoms. The lowest BCUT2D eigenvalue weighted by Crippen LogP contribution is -2.51. The lowest BCUT2D eigenvalue weighted by atomic mass is 10.1. The Morgan fingerprint density at radius 3 is 2.69 bits per heavy atom. The van der Waals surface area contributed by atoms with Crippen molar-refractivity contribution in [3.8, 4) is 0 Å². The zero-order chi connectivity index (χ0) is 18.8. The maximum atomic E-state index is 13.1. The molecule has 2 aromatic rings. The second-order valence-corrected chi connectivity index (χ2v) is 7.77. The van der Waals surface area contributed by atoms with Gasteiger partial charge in [0.2, 0.25) is 0 Å². The van der Waals surface area contributed by atoms with Gasteiger partial charge in [-0.2, -0.15) is 0 Å². The fourth-order valence-corrected chi connectivity index (χ4v) is 4.11. The molecule has 142 valence electrons. The van der Waals surface area contributed by atoms with Crippen molar-refractivity contribution >= 4 is 34.1 Å². The van der Waals surface area contributed by atoms with Crippen molar-refractivity contribution in [2.45, 2.75) is 52.2 Å². The molecule has 0 amide bonds. The van der Waals surface area contributed by atoms with E-state index in [1.807, 2.05) is 6.92 Å². The van der Waals surface area contributed by atoms with Crippen molar-refractivity contribution in [1.29, 1.82) is 0 Å². The van der Waals surface area contributed by atoms with E-state index in [4.69, 9.17) is 28.2 Å². The molecular formula is C19H26Cl2N4O. The van der Waals surface area contributed by atoms with Crippen LogP contribution in [-0.4, -0.2) is 40.1 Å². The van der Waals surface area contributed by atoms with Crippen LogP contribution in [0.25, 0.3) is 10.9 Å². The predicted octanol–water partition coefficient (Wildman–Crippen LogP) is 3.86. The highest BCUT2D eigenvalue weighted by atomic mass is 35.5. The molecule has 2 heterocycles.